The minimum Gasteiger partial charge on any atom is -0.289 e. The van der Waals surface area contributed by atoms with Crippen LogP contribution in [0.3, 0.4) is 0 Å². The fourth-order valence-electron chi connectivity index (χ4n) is 3.98. The second kappa shape index (κ2) is 9.62. The van der Waals surface area contributed by atoms with E-state index in [2.05, 4.69) is 15.4 Å². The van der Waals surface area contributed by atoms with Gasteiger partial charge < -0.3 is 0 Å². The maximum atomic E-state index is 13.1. The van der Waals surface area contributed by atoms with Gasteiger partial charge in [-0.05, 0) is 36.6 Å². The van der Waals surface area contributed by atoms with Gasteiger partial charge in [-0.2, -0.15) is 4.31 Å². The lowest BCUT2D eigenvalue weighted by Crippen LogP contribution is -2.38. The molecule has 0 aliphatic heterocycles. The van der Waals surface area contributed by atoms with E-state index in [1.165, 1.54) is 16.4 Å². The molecular weight excluding hydrogens is 426 g/mol. The molecule has 1 aromatic heterocycles. The van der Waals surface area contributed by atoms with Crippen LogP contribution in [0.2, 0.25) is 0 Å². The van der Waals surface area contributed by atoms with Crippen molar-refractivity contribution in [3.05, 3.63) is 72.1 Å². The number of benzene rings is 2. The number of amides is 1. The summed E-state index contributed by atoms with van der Waals surface area (Å²) >= 11 is 0. The fraction of sp³-hybridized carbons (Fsp3) is 0.348. The van der Waals surface area contributed by atoms with Gasteiger partial charge in [0.25, 0.3) is 5.91 Å². The molecule has 0 spiro atoms. The van der Waals surface area contributed by atoms with Crippen LogP contribution in [0, 0.1) is 0 Å². The Morgan fingerprint density at radius 2 is 1.84 bits per heavy atom. The Labute approximate surface area is 188 Å². The van der Waals surface area contributed by atoms with Gasteiger partial charge in [-0.25, -0.2) is 18.1 Å². The van der Waals surface area contributed by atoms with Gasteiger partial charge in [0.1, 0.15) is 6.33 Å². The lowest BCUT2D eigenvalue weighted by Gasteiger charge is -2.30. The molecule has 1 N–H and O–H groups in total. The second-order valence-electron chi connectivity index (χ2n) is 8.05. The van der Waals surface area contributed by atoms with Crippen LogP contribution in [0.5, 0.6) is 0 Å². The average molecular weight is 454 g/mol. The average Bonchev–Trinajstić information content (AvgIpc) is 3.26. The SMILES string of the molecule is CN(C1CCCCC1)S(=O)(=O)c1cccc(C(=O)Nc2ncn(Cc3ccccc3)n2)c1. The molecule has 168 valence electrons. The van der Waals surface area contributed by atoms with Crippen molar-refractivity contribution in [3.63, 3.8) is 0 Å². The standard InChI is InChI=1S/C23H27N5O3S/c1-27(20-12-6-3-7-13-20)32(30,31)21-14-8-11-19(15-21)22(29)25-23-24-17-28(26-23)16-18-9-4-2-5-10-18/h2,4-5,8-11,14-15,17,20H,3,6-7,12-13,16H2,1H3,(H,25,26,29). The van der Waals surface area contributed by atoms with E-state index in [9.17, 15) is 13.2 Å². The molecule has 2 aromatic carbocycles. The molecule has 0 atom stereocenters. The van der Waals surface area contributed by atoms with Crippen molar-refractivity contribution in [1.29, 1.82) is 0 Å². The number of rotatable bonds is 7. The summed E-state index contributed by atoms with van der Waals surface area (Å²) in [6.45, 7) is 0.533. The van der Waals surface area contributed by atoms with Crippen LogP contribution >= 0.6 is 0 Å². The Bertz CT molecular complexity index is 1170. The van der Waals surface area contributed by atoms with E-state index in [1.807, 2.05) is 30.3 Å². The number of carbonyl (C=O) groups is 1. The molecule has 32 heavy (non-hydrogen) atoms. The largest absolute Gasteiger partial charge is 0.289 e. The summed E-state index contributed by atoms with van der Waals surface area (Å²) in [5, 5.41) is 6.92. The van der Waals surface area contributed by atoms with Crippen molar-refractivity contribution >= 4 is 21.9 Å². The highest BCUT2D eigenvalue weighted by molar-refractivity contribution is 7.89. The smallest absolute Gasteiger partial charge is 0.258 e. The quantitative estimate of drug-likeness (QED) is 0.590. The number of nitrogens with one attached hydrogen (secondary N) is 1. The van der Waals surface area contributed by atoms with E-state index < -0.39 is 15.9 Å². The first kappa shape index (κ1) is 22.2. The topological polar surface area (TPSA) is 97.2 Å². The first-order chi connectivity index (χ1) is 15.4. The molecule has 8 nitrogen and oxygen atoms in total. The summed E-state index contributed by atoms with van der Waals surface area (Å²) in [5.41, 5.74) is 1.30. The maximum absolute atomic E-state index is 13.1. The van der Waals surface area contributed by atoms with Crippen molar-refractivity contribution in [1.82, 2.24) is 19.1 Å². The van der Waals surface area contributed by atoms with E-state index in [4.69, 9.17) is 0 Å². The third-order valence-electron chi connectivity index (χ3n) is 5.81. The van der Waals surface area contributed by atoms with Gasteiger partial charge in [0.2, 0.25) is 16.0 Å². The molecule has 0 unspecified atom stereocenters. The van der Waals surface area contributed by atoms with Crippen molar-refractivity contribution in [2.24, 2.45) is 0 Å². The Balaban J connectivity index is 1.45. The van der Waals surface area contributed by atoms with Crippen LogP contribution in [0.15, 0.2) is 65.8 Å². The second-order valence-corrected chi connectivity index (χ2v) is 10.0. The summed E-state index contributed by atoms with van der Waals surface area (Å²) in [6, 6.07) is 15.9. The summed E-state index contributed by atoms with van der Waals surface area (Å²) in [7, 11) is -2.05. The van der Waals surface area contributed by atoms with E-state index >= 15 is 0 Å². The summed E-state index contributed by atoms with van der Waals surface area (Å²) in [4.78, 5) is 17.0. The van der Waals surface area contributed by atoms with Crippen molar-refractivity contribution in [3.8, 4) is 0 Å². The van der Waals surface area contributed by atoms with Gasteiger partial charge in [-0.3, -0.25) is 10.1 Å². The predicted octanol–water partition coefficient (Wildman–Crippen LogP) is 3.53. The Morgan fingerprint density at radius 1 is 1.09 bits per heavy atom. The van der Waals surface area contributed by atoms with Gasteiger partial charge in [0.05, 0.1) is 11.4 Å². The highest BCUT2D eigenvalue weighted by atomic mass is 32.2. The minimum absolute atomic E-state index is 0.00371. The summed E-state index contributed by atoms with van der Waals surface area (Å²) in [5.74, 6) is -0.293. The molecule has 1 heterocycles. The van der Waals surface area contributed by atoms with Gasteiger partial charge in [0, 0.05) is 18.7 Å². The Hall–Kier alpha value is -3.04. The molecule has 1 amide bonds. The van der Waals surface area contributed by atoms with Crippen LogP contribution in [0.1, 0.15) is 48.0 Å². The van der Waals surface area contributed by atoms with Gasteiger partial charge in [-0.1, -0.05) is 55.7 Å². The molecular formula is C23H27N5O3S. The first-order valence-electron chi connectivity index (χ1n) is 10.8. The highest BCUT2D eigenvalue weighted by Gasteiger charge is 2.29. The van der Waals surface area contributed by atoms with Crippen molar-refractivity contribution < 1.29 is 13.2 Å². The van der Waals surface area contributed by atoms with Crippen LogP contribution < -0.4 is 5.32 Å². The first-order valence-corrected chi connectivity index (χ1v) is 12.2. The number of carbonyl (C=O) groups excluding carboxylic acids is 1. The predicted molar refractivity (Wildman–Crippen MR) is 122 cm³/mol. The number of hydrogen-bond donors (Lipinski definition) is 1. The fourth-order valence-corrected chi connectivity index (χ4v) is 5.44. The number of hydrogen-bond acceptors (Lipinski definition) is 5. The molecule has 0 radical (unpaired) electrons. The Morgan fingerprint density at radius 3 is 2.59 bits per heavy atom. The zero-order valence-corrected chi connectivity index (χ0v) is 18.8. The molecule has 1 saturated carbocycles. The van der Waals surface area contributed by atoms with Gasteiger partial charge in [0.15, 0.2) is 0 Å². The third-order valence-corrected chi connectivity index (χ3v) is 7.72. The van der Waals surface area contributed by atoms with Crippen LogP contribution in [-0.2, 0) is 16.6 Å². The lowest BCUT2D eigenvalue weighted by molar-refractivity contribution is 0.102. The number of aromatic nitrogens is 3. The zero-order chi connectivity index (χ0) is 22.6. The molecule has 9 heteroatoms. The van der Waals surface area contributed by atoms with E-state index in [1.54, 1.807) is 30.2 Å². The minimum atomic E-state index is -3.68. The third kappa shape index (κ3) is 5.05. The van der Waals surface area contributed by atoms with E-state index in [0.29, 0.717) is 6.54 Å². The highest BCUT2D eigenvalue weighted by Crippen LogP contribution is 2.26. The van der Waals surface area contributed by atoms with Crippen LogP contribution in [0.4, 0.5) is 5.95 Å². The lowest BCUT2D eigenvalue weighted by atomic mass is 9.96. The van der Waals surface area contributed by atoms with Gasteiger partial charge >= 0.3 is 0 Å². The van der Waals surface area contributed by atoms with Gasteiger partial charge in [-0.15, -0.1) is 5.10 Å². The number of anilines is 1. The Kier molecular flexibility index (Phi) is 6.66. The van der Waals surface area contributed by atoms with Crippen LogP contribution in [-0.4, -0.2) is 46.5 Å². The molecule has 3 aromatic rings. The summed E-state index contributed by atoms with van der Waals surface area (Å²) < 4.78 is 29.3. The number of sulfonamides is 1. The molecule has 1 fully saturated rings. The molecule has 1 aliphatic rings. The molecule has 0 saturated heterocycles. The van der Waals surface area contributed by atoms with E-state index in [0.717, 1.165) is 37.7 Å². The molecule has 4 rings (SSSR count). The van der Waals surface area contributed by atoms with Crippen molar-refractivity contribution in [2.45, 2.75) is 49.6 Å². The monoisotopic (exact) mass is 453 g/mol. The normalized spacial score (nSPS) is 15.1. The van der Waals surface area contributed by atoms with Crippen LogP contribution in [0.25, 0.3) is 0 Å². The van der Waals surface area contributed by atoms with E-state index in [-0.39, 0.29) is 22.4 Å². The number of nitrogens with zero attached hydrogens (tertiary/aromatic N) is 4. The molecule has 0 bridgehead atoms. The maximum Gasteiger partial charge on any atom is 0.258 e. The molecule has 1 aliphatic carbocycles. The zero-order valence-electron chi connectivity index (χ0n) is 18.0. The van der Waals surface area contributed by atoms with Crippen molar-refractivity contribution in [2.75, 3.05) is 12.4 Å². The summed E-state index contributed by atoms with van der Waals surface area (Å²) in [6.07, 6.45) is 6.51.